The lowest BCUT2D eigenvalue weighted by Crippen LogP contribution is -2.38. The topological polar surface area (TPSA) is 72.5 Å². The fourth-order valence-corrected chi connectivity index (χ4v) is 4.12. The third-order valence-electron chi connectivity index (χ3n) is 6.09. The number of carbonyl (C=O) groups is 1. The molecule has 0 aliphatic carbocycles. The lowest BCUT2D eigenvalue weighted by molar-refractivity contribution is -0.141. The third-order valence-corrected chi connectivity index (χ3v) is 6.09. The Kier molecular flexibility index (Phi) is 8.27. The number of nitrogens with one attached hydrogen (secondary N) is 2. The van der Waals surface area contributed by atoms with E-state index in [2.05, 4.69) is 15.6 Å². The van der Waals surface area contributed by atoms with Crippen LogP contribution in [0.2, 0.25) is 0 Å². The zero-order valence-corrected chi connectivity index (χ0v) is 20.1. The summed E-state index contributed by atoms with van der Waals surface area (Å²) in [6.07, 6.45) is -1.73. The number of fused-ring (bicyclic) bond motifs is 1. The number of alkyl halides is 3. The monoisotopic (exact) mass is 517 g/mol. The number of pyridine rings is 1. The molecular weight excluding hydrogens is 490 g/mol. The van der Waals surface area contributed by atoms with Crippen molar-refractivity contribution in [3.05, 3.63) is 89.0 Å². The van der Waals surface area contributed by atoms with E-state index < -0.39 is 29.8 Å². The standard InChI is InChI=1S/C27H27F4N3O3/c1-32-26(35)25(18-5-8-20(28)9-6-18)34-21(10-3-17-4-12-24(33-16-17)27(29,30)31)19-7-11-22-23(15-19)37-14-2-13-36-22/h4-9,11-12,15-16,21,25,34H,2-3,10,13-14H2,1H3,(H,32,35)/t21-,25-/m1/s1. The molecule has 2 N–H and O–H groups in total. The molecule has 2 aromatic carbocycles. The minimum absolute atomic E-state index is 0.317. The summed E-state index contributed by atoms with van der Waals surface area (Å²) in [6, 6.07) is 12.3. The molecule has 1 aromatic heterocycles. The van der Waals surface area contributed by atoms with Crippen LogP contribution in [0.4, 0.5) is 17.6 Å². The highest BCUT2D eigenvalue weighted by atomic mass is 19.4. The molecule has 3 aromatic rings. The summed E-state index contributed by atoms with van der Waals surface area (Å²) in [7, 11) is 1.51. The second-order valence-corrected chi connectivity index (χ2v) is 8.66. The van der Waals surface area contributed by atoms with Crippen LogP contribution >= 0.6 is 0 Å². The maximum Gasteiger partial charge on any atom is 0.433 e. The Morgan fingerprint density at radius 1 is 1.00 bits per heavy atom. The summed E-state index contributed by atoms with van der Waals surface area (Å²) in [5, 5.41) is 5.98. The van der Waals surface area contributed by atoms with Crippen molar-refractivity contribution < 1.29 is 31.8 Å². The number of carbonyl (C=O) groups excluding carboxylic acids is 1. The van der Waals surface area contributed by atoms with Gasteiger partial charge in [-0.1, -0.05) is 24.3 Å². The van der Waals surface area contributed by atoms with Gasteiger partial charge in [-0.3, -0.25) is 15.1 Å². The first kappa shape index (κ1) is 26.4. The van der Waals surface area contributed by atoms with Gasteiger partial charge < -0.3 is 14.8 Å². The van der Waals surface area contributed by atoms with Crippen LogP contribution < -0.4 is 20.1 Å². The average molecular weight is 518 g/mol. The number of aromatic nitrogens is 1. The van der Waals surface area contributed by atoms with Gasteiger partial charge in [-0.05, 0) is 59.9 Å². The van der Waals surface area contributed by atoms with Gasteiger partial charge in [0, 0.05) is 25.7 Å². The molecule has 10 heteroatoms. The zero-order valence-electron chi connectivity index (χ0n) is 20.1. The zero-order chi connectivity index (χ0) is 26.4. The minimum Gasteiger partial charge on any atom is -0.490 e. The number of likely N-dealkylation sites (N-methyl/N-ethyl adjacent to an activating group) is 1. The molecule has 1 amide bonds. The van der Waals surface area contributed by atoms with E-state index in [1.807, 2.05) is 12.1 Å². The molecule has 0 radical (unpaired) electrons. The Bertz CT molecular complexity index is 1200. The highest BCUT2D eigenvalue weighted by Gasteiger charge is 2.32. The van der Waals surface area contributed by atoms with E-state index in [0.29, 0.717) is 48.7 Å². The molecule has 2 atom stereocenters. The molecule has 2 heterocycles. The summed E-state index contributed by atoms with van der Waals surface area (Å²) in [5.74, 6) is 0.459. The summed E-state index contributed by atoms with van der Waals surface area (Å²) in [5.41, 5.74) is 1.04. The molecule has 37 heavy (non-hydrogen) atoms. The highest BCUT2D eigenvalue weighted by molar-refractivity contribution is 5.83. The number of nitrogens with zero attached hydrogens (tertiary/aromatic N) is 1. The first-order valence-electron chi connectivity index (χ1n) is 11.9. The van der Waals surface area contributed by atoms with Crippen LogP contribution in [0, 0.1) is 5.82 Å². The Morgan fingerprint density at radius 2 is 1.70 bits per heavy atom. The summed E-state index contributed by atoms with van der Waals surface area (Å²) in [4.78, 5) is 16.4. The second kappa shape index (κ2) is 11.6. The molecule has 0 saturated carbocycles. The van der Waals surface area contributed by atoms with E-state index in [-0.39, 0.29) is 5.91 Å². The van der Waals surface area contributed by atoms with Gasteiger partial charge in [0.2, 0.25) is 5.91 Å². The van der Waals surface area contributed by atoms with Gasteiger partial charge in [0.1, 0.15) is 17.6 Å². The molecule has 6 nitrogen and oxygen atoms in total. The van der Waals surface area contributed by atoms with Crippen molar-refractivity contribution in [1.82, 2.24) is 15.6 Å². The van der Waals surface area contributed by atoms with E-state index in [0.717, 1.165) is 18.1 Å². The number of ether oxygens (including phenoxy) is 2. The molecule has 0 unspecified atom stereocenters. The van der Waals surface area contributed by atoms with Crippen LogP contribution in [-0.2, 0) is 17.4 Å². The molecule has 196 valence electrons. The number of halogens is 4. The van der Waals surface area contributed by atoms with Gasteiger partial charge in [-0.15, -0.1) is 0 Å². The lowest BCUT2D eigenvalue weighted by atomic mass is 9.96. The van der Waals surface area contributed by atoms with Crippen molar-refractivity contribution >= 4 is 5.91 Å². The molecule has 0 fully saturated rings. The van der Waals surface area contributed by atoms with Crippen molar-refractivity contribution in [3.8, 4) is 11.5 Å². The number of amides is 1. The Hall–Kier alpha value is -3.66. The predicted octanol–water partition coefficient (Wildman–Crippen LogP) is 5.15. The number of rotatable bonds is 8. The van der Waals surface area contributed by atoms with Gasteiger partial charge in [-0.2, -0.15) is 13.2 Å². The highest BCUT2D eigenvalue weighted by Crippen LogP contribution is 2.35. The summed E-state index contributed by atoms with van der Waals surface area (Å²) >= 11 is 0. The largest absolute Gasteiger partial charge is 0.490 e. The quantitative estimate of drug-likeness (QED) is 0.405. The Labute approximate surface area is 212 Å². The lowest BCUT2D eigenvalue weighted by Gasteiger charge is -2.26. The maximum absolute atomic E-state index is 13.5. The normalized spacial score (nSPS) is 14.9. The van der Waals surface area contributed by atoms with Gasteiger partial charge >= 0.3 is 6.18 Å². The van der Waals surface area contributed by atoms with E-state index in [9.17, 15) is 22.4 Å². The van der Waals surface area contributed by atoms with Crippen LogP contribution in [0.3, 0.4) is 0 Å². The number of hydrogen-bond acceptors (Lipinski definition) is 5. The predicted molar refractivity (Wildman–Crippen MR) is 129 cm³/mol. The molecule has 0 bridgehead atoms. The molecule has 0 spiro atoms. The molecule has 1 aliphatic rings. The number of benzene rings is 2. The van der Waals surface area contributed by atoms with Crippen LogP contribution in [0.25, 0.3) is 0 Å². The molecular formula is C27H27F4N3O3. The number of aryl methyl sites for hydroxylation is 1. The Balaban J connectivity index is 1.62. The van der Waals surface area contributed by atoms with Crippen LogP contribution in [0.5, 0.6) is 11.5 Å². The third kappa shape index (κ3) is 6.76. The van der Waals surface area contributed by atoms with E-state index in [1.54, 1.807) is 6.07 Å². The number of hydrogen-bond donors (Lipinski definition) is 2. The van der Waals surface area contributed by atoms with Gasteiger partial charge in [-0.25, -0.2) is 4.39 Å². The van der Waals surface area contributed by atoms with Crippen molar-refractivity contribution in [2.45, 2.75) is 37.5 Å². The van der Waals surface area contributed by atoms with Crippen LogP contribution in [-0.4, -0.2) is 31.2 Å². The van der Waals surface area contributed by atoms with Crippen LogP contribution in [0.1, 0.15) is 47.3 Å². The van der Waals surface area contributed by atoms with Crippen LogP contribution in [0.15, 0.2) is 60.8 Å². The first-order chi connectivity index (χ1) is 17.7. The van der Waals surface area contributed by atoms with Crippen molar-refractivity contribution in [1.29, 1.82) is 0 Å². The minimum atomic E-state index is -4.51. The van der Waals surface area contributed by atoms with Crippen molar-refractivity contribution in [3.63, 3.8) is 0 Å². The molecule has 0 saturated heterocycles. The SMILES string of the molecule is CNC(=O)[C@H](N[C@H](CCc1ccc(C(F)(F)F)nc1)c1ccc2c(c1)OCCCO2)c1ccc(F)cc1. The fourth-order valence-electron chi connectivity index (χ4n) is 4.12. The average Bonchev–Trinajstić information content (AvgIpc) is 3.14. The van der Waals surface area contributed by atoms with E-state index in [4.69, 9.17) is 9.47 Å². The van der Waals surface area contributed by atoms with Crippen molar-refractivity contribution in [2.24, 2.45) is 0 Å². The Morgan fingerprint density at radius 3 is 2.35 bits per heavy atom. The van der Waals surface area contributed by atoms with Gasteiger partial charge in [0.15, 0.2) is 11.5 Å². The van der Waals surface area contributed by atoms with Gasteiger partial charge in [0.25, 0.3) is 0 Å². The van der Waals surface area contributed by atoms with E-state index in [1.165, 1.54) is 43.6 Å². The molecule has 4 rings (SSSR count). The fraction of sp³-hybridized carbons (Fsp3) is 0.333. The van der Waals surface area contributed by atoms with Gasteiger partial charge in [0.05, 0.1) is 13.2 Å². The first-order valence-corrected chi connectivity index (χ1v) is 11.9. The smallest absolute Gasteiger partial charge is 0.433 e. The summed E-state index contributed by atoms with van der Waals surface area (Å²) in [6.45, 7) is 1.04. The van der Waals surface area contributed by atoms with E-state index >= 15 is 0 Å². The maximum atomic E-state index is 13.5. The summed E-state index contributed by atoms with van der Waals surface area (Å²) < 4.78 is 63.8. The second-order valence-electron chi connectivity index (χ2n) is 8.66. The van der Waals surface area contributed by atoms with Crippen molar-refractivity contribution in [2.75, 3.05) is 20.3 Å². The molecule has 1 aliphatic heterocycles.